The van der Waals surface area contributed by atoms with E-state index >= 15 is 0 Å². The molecule has 2 saturated carbocycles. The highest BCUT2D eigenvalue weighted by Crippen LogP contribution is 2.52. The van der Waals surface area contributed by atoms with E-state index in [1.807, 2.05) is 24.3 Å². The molecule has 5 atom stereocenters. The van der Waals surface area contributed by atoms with Gasteiger partial charge in [0, 0.05) is 23.9 Å². The summed E-state index contributed by atoms with van der Waals surface area (Å²) in [5.74, 6) is 0.956. The maximum atomic E-state index is 12.7. The molecule has 3 aliphatic rings. The lowest BCUT2D eigenvalue weighted by atomic mass is 10.1. The van der Waals surface area contributed by atoms with Gasteiger partial charge in [-0.25, -0.2) is 0 Å². The summed E-state index contributed by atoms with van der Waals surface area (Å²) >= 11 is 3.41. The molecular formula is C23H28BrNO5. The van der Waals surface area contributed by atoms with Gasteiger partial charge in [-0.2, -0.15) is 0 Å². The standard InChI is InChI=1S/C23H28BrNO5/c1-14(26)21-11-20(29-13-15-2-4-18(24)5-3-15)12-25(21)22(27)6-7-23(28)30-19-9-16-8-17(16)10-19/h2-5,16-17,19-21H,6-13H2,1H3/t16-,17+,19?,20-,21+/m1/s1. The normalized spacial score (nSPS) is 29.5. The van der Waals surface area contributed by atoms with Gasteiger partial charge in [0.05, 0.1) is 25.2 Å². The lowest BCUT2D eigenvalue weighted by Crippen LogP contribution is -2.40. The number of ether oxygens (including phenoxy) is 2. The van der Waals surface area contributed by atoms with Crippen molar-refractivity contribution in [3.8, 4) is 0 Å². The van der Waals surface area contributed by atoms with Gasteiger partial charge in [0.1, 0.15) is 6.10 Å². The third kappa shape index (κ3) is 5.30. The van der Waals surface area contributed by atoms with Crippen LogP contribution in [0.3, 0.4) is 0 Å². The van der Waals surface area contributed by atoms with Crippen LogP contribution in [0.25, 0.3) is 0 Å². The Morgan fingerprint density at radius 3 is 2.37 bits per heavy atom. The average molecular weight is 478 g/mol. The van der Waals surface area contributed by atoms with Crippen LogP contribution in [0.4, 0.5) is 0 Å². The molecule has 0 radical (unpaired) electrons. The highest BCUT2D eigenvalue weighted by atomic mass is 79.9. The predicted octanol–water partition coefficient (Wildman–Crippen LogP) is 3.65. The highest BCUT2D eigenvalue weighted by molar-refractivity contribution is 9.10. The Morgan fingerprint density at radius 1 is 1.00 bits per heavy atom. The number of benzene rings is 1. The number of hydrogen-bond donors (Lipinski definition) is 0. The van der Waals surface area contributed by atoms with E-state index < -0.39 is 6.04 Å². The lowest BCUT2D eigenvalue weighted by molar-refractivity contribution is -0.151. The topological polar surface area (TPSA) is 72.9 Å². The summed E-state index contributed by atoms with van der Waals surface area (Å²) in [4.78, 5) is 38.5. The number of hydrogen-bond acceptors (Lipinski definition) is 5. The zero-order chi connectivity index (χ0) is 21.3. The van der Waals surface area contributed by atoms with Gasteiger partial charge in [0.25, 0.3) is 0 Å². The number of fused-ring (bicyclic) bond motifs is 1. The summed E-state index contributed by atoms with van der Waals surface area (Å²) < 4.78 is 12.5. The van der Waals surface area contributed by atoms with E-state index in [0.717, 1.165) is 34.7 Å². The number of ketones is 1. The maximum Gasteiger partial charge on any atom is 0.306 e. The fourth-order valence-electron chi connectivity index (χ4n) is 4.73. The molecular weight excluding hydrogens is 450 g/mol. The Bertz CT molecular complexity index is 800. The molecule has 30 heavy (non-hydrogen) atoms. The van der Waals surface area contributed by atoms with Crippen LogP contribution in [-0.4, -0.2) is 47.4 Å². The summed E-state index contributed by atoms with van der Waals surface area (Å²) in [6.07, 6.45) is 3.69. The van der Waals surface area contributed by atoms with Crippen LogP contribution in [-0.2, 0) is 30.5 Å². The second kappa shape index (κ2) is 9.18. The second-order valence-corrected chi connectivity index (χ2v) is 9.72. The first-order valence-electron chi connectivity index (χ1n) is 10.7. The average Bonchev–Trinajstić information content (AvgIpc) is 3.13. The number of Topliss-reactive ketones (excluding diaryl/α,β-unsaturated/α-hetero) is 1. The van der Waals surface area contributed by atoms with Crippen molar-refractivity contribution in [3.63, 3.8) is 0 Å². The molecule has 1 amide bonds. The monoisotopic (exact) mass is 477 g/mol. The first-order chi connectivity index (χ1) is 14.4. The molecule has 162 valence electrons. The molecule has 1 aromatic rings. The molecule has 7 heteroatoms. The second-order valence-electron chi connectivity index (χ2n) is 8.81. The van der Waals surface area contributed by atoms with E-state index in [1.165, 1.54) is 13.3 Å². The van der Waals surface area contributed by atoms with Gasteiger partial charge in [0.15, 0.2) is 5.78 Å². The minimum absolute atomic E-state index is 0.0319. The Hall–Kier alpha value is -1.73. The number of nitrogens with zero attached hydrogens (tertiary/aromatic N) is 1. The van der Waals surface area contributed by atoms with Gasteiger partial charge in [-0.05, 0) is 55.7 Å². The summed E-state index contributed by atoms with van der Waals surface area (Å²) in [5, 5.41) is 0. The molecule has 0 spiro atoms. The highest BCUT2D eigenvalue weighted by Gasteiger charge is 2.47. The van der Waals surface area contributed by atoms with Crippen molar-refractivity contribution in [3.05, 3.63) is 34.3 Å². The quantitative estimate of drug-likeness (QED) is 0.534. The van der Waals surface area contributed by atoms with Crippen molar-refractivity contribution in [2.45, 2.75) is 70.3 Å². The maximum absolute atomic E-state index is 12.7. The molecule has 0 bridgehead atoms. The molecule has 1 unspecified atom stereocenters. The third-order valence-corrected chi connectivity index (χ3v) is 7.02. The first kappa shape index (κ1) is 21.5. The molecule has 1 aliphatic heterocycles. The SMILES string of the molecule is CC(=O)[C@@H]1C[C@@H](OCc2ccc(Br)cc2)CN1C(=O)CCC(=O)OC1C[C@@H]2C[C@@H]2C1. The first-order valence-corrected chi connectivity index (χ1v) is 11.5. The summed E-state index contributed by atoms with van der Waals surface area (Å²) in [6, 6.07) is 7.38. The van der Waals surface area contributed by atoms with Crippen molar-refractivity contribution in [1.82, 2.24) is 4.90 Å². The molecule has 1 saturated heterocycles. The van der Waals surface area contributed by atoms with Crippen LogP contribution in [0.1, 0.15) is 51.0 Å². The molecule has 2 aliphatic carbocycles. The zero-order valence-electron chi connectivity index (χ0n) is 17.2. The number of halogens is 1. The number of esters is 1. The molecule has 0 aromatic heterocycles. The summed E-state index contributed by atoms with van der Waals surface area (Å²) in [5.41, 5.74) is 1.04. The van der Waals surface area contributed by atoms with Gasteiger partial charge in [-0.1, -0.05) is 28.1 Å². The molecule has 0 N–H and O–H groups in total. The number of carbonyl (C=O) groups is 3. The summed E-state index contributed by atoms with van der Waals surface area (Å²) in [7, 11) is 0. The fraction of sp³-hybridized carbons (Fsp3) is 0.609. The van der Waals surface area contributed by atoms with Gasteiger partial charge >= 0.3 is 5.97 Å². The largest absolute Gasteiger partial charge is 0.462 e. The molecule has 1 aromatic carbocycles. The van der Waals surface area contributed by atoms with Crippen LogP contribution in [0.5, 0.6) is 0 Å². The number of amides is 1. The van der Waals surface area contributed by atoms with Crippen LogP contribution in [0, 0.1) is 11.8 Å². The van der Waals surface area contributed by atoms with E-state index in [0.29, 0.717) is 19.6 Å². The number of likely N-dealkylation sites (tertiary alicyclic amines) is 1. The Kier molecular flexibility index (Phi) is 6.58. The fourth-order valence-corrected chi connectivity index (χ4v) is 4.99. The number of carbonyl (C=O) groups excluding carboxylic acids is 3. The van der Waals surface area contributed by atoms with E-state index in [4.69, 9.17) is 9.47 Å². The van der Waals surface area contributed by atoms with Crippen molar-refractivity contribution in [2.24, 2.45) is 11.8 Å². The van der Waals surface area contributed by atoms with Crippen molar-refractivity contribution in [2.75, 3.05) is 6.54 Å². The van der Waals surface area contributed by atoms with E-state index in [9.17, 15) is 14.4 Å². The van der Waals surface area contributed by atoms with Crippen molar-refractivity contribution >= 4 is 33.6 Å². The third-order valence-electron chi connectivity index (χ3n) is 6.49. The van der Waals surface area contributed by atoms with E-state index in [-0.39, 0.29) is 42.7 Å². The van der Waals surface area contributed by atoms with Crippen LogP contribution < -0.4 is 0 Å². The Morgan fingerprint density at radius 2 is 1.70 bits per heavy atom. The van der Waals surface area contributed by atoms with E-state index in [1.54, 1.807) is 4.90 Å². The minimum Gasteiger partial charge on any atom is -0.462 e. The minimum atomic E-state index is -0.481. The van der Waals surface area contributed by atoms with Gasteiger partial charge in [-0.3, -0.25) is 14.4 Å². The van der Waals surface area contributed by atoms with Crippen LogP contribution >= 0.6 is 15.9 Å². The summed E-state index contributed by atoms with van der Waals surface area (Å²) in [6.45, 7) is 2.31. The molecule has 3 fully saturated rings. The van der Waals surface area contributed by atoms with Crippen LogP contribution in [0.15, 0.2) is 28.7 Å². The van der Waals surface area contributed by atoms with Gasteiger partial charge in [-0.15, -0.1) is 0 Å². The lowest BCUT2D eigenvalue weighted by Gasteiger charge is -2.22. The van der Waals surface area contributed by atoms with Gasteiger partial charge in [0.2, 0.25) is 5.91 Å². The van der Waals surface area contributed by atoms with E-state index in [2.05, 4.69) is 15.9 Å². The zero-order valence-corrected chi connectivity index (χ0v) is 18.8. The smallest absolute Gasteiger partial charge is 0.306 e. The molecule has 4 rings (SSSR count). The van der Waals surface area contributed by atoms with Gasteiger partial charge < -0.3 is 14.4 Å². The Balaban J connectivity index is 1.24. The van der Waals surface area contributed by atoms with Crippen LogP contribution in [0.2, 0.25) is 0 Å². The van der Waals surface area contributed by atoms with Crippen molar-refractivity contribution < 1.29 is 23.9 Å². The Labute approximate surface area is 185 Å². The predicted molar refractivity (Wildman–Crippen MR) is 113 cm³/mol. The molecule has 1 heterocycles. The number of rotatable bonds is 8. The van der Waals surface area contributed by atoms with Crippen molar-refractivity contribution in [1.29, 1.82) is 0 Å². The molecule has 6 nitrogen and oxygen atoms in total.